The molecule has 0 saturated heterocycles. The third-order valence-corrected chi connectivity index (χ3v) is 5.86. The Bertz CT molecular complexity index is 466. The van der Waals surface area contributed by atoms with Crippen LogP contribution in [0.2, 0.25) is 0 Å². The van der Waals surface area contributed by atoms with Crippen molar-refractivity contribution in [3.05, 3.63) is 35.4 Å². The van der Waals surface area contributed by atoms with Gasteiger partial charge in [0.2, 0.25) is 0 Å². The van der Waals surface area contributed by atoms with Gasteiger partial charge in [-0.25, -0.2) is 0 Å². The van der Waals surface area contributed by atoms with Crippen molar-refractivity contribution >= 4 is 0 Å². The van der Waals surface area contributed by atoms with E-state index in [2.05, 4.69) is 31.2 Å². The zero-order valence-electron chi connectivity index (χ0n) is 11.2. The van der Waals surface area contributed by atoms with Crippen LogP contribution in [0.25, 0.3) is 0 Å². The summed E-state index contributed by atoms with van der Waals surface area (Å²) < 4.78 is 6.29. The molecule has 2 fully saturated rings. The van der Waals surface area contributed by atoms with E-state index in [-0.39, 0.29) is 0 Å². The molecule has 1 heterocycles. The molecule has 0 amide bonds. The van der Waals surface area contributed by atoms with Crippen molar-refractivity contribution in [3.63, 3.8) is 0 Å². The van der Waals surface area contributed by atoms with Crippen molar-refractivity contribution in [2.24, 2.45) is 11.3 Å². The number of hydrogen-bond acceptors (Lipinski definition) is 1. The Kier molecular flexibility index (Phi) is 2.35. The Morgan fingerprint density at radius 1 is 1.17 bits per heavy atom. The zero-order valence-corrected chi connectivity index (χ0v) is 11.2. The minimum atomic E-state index is 0.501. The lowest BCUT2D eigenvalue weighted by atomic mass is 9.62. The fourth-order valence-corrected chi connectivity index (χ4v) is 4.84. The second kappa shape index (κ2) is 3.84. The first-order chi connectivity index (χ1) is 8.78. The lowest BCUT2D eigenvalue weighted by Crippen LogP contribution is -2.44. The lowest BCUT2D eigenvalue weighted by Gasteiger charge is -2.48. The summed E-state index contributed by atoms with van der Waals surface area (Å²) in [7, 11) is 0. The van der Waals surface area contributed by atoms with Gasteiger partial charge in [-0.2, -0.15) is 0 Å². The minimum Gasteiger partial charge on any atom is -0.373 e. The standard InChI is InChI=1S/C17H22O/c1-17-9-4-7-15(17)16-14(8-10-17)13-6-3-2-5-12(13)11-18-16/h2-3,5-6,14-16H,4,7-11H2,1H3/t14-,15+,16-,17+/m1/s1. The molecule has 0 radical (unpaired) electrons. The first kappa shape index (κ1) is 11.0. The summed E-state index contributed by atoms with van der Waals surface area (Å²) >= 11 is 0. The van der Waals surface area contributed by atoms with Crippen molar-refractivity contribution in [2.75, 3.05) is 0 Å². The van der Waals surface area contributed by atoms with Gasteiger partial charge in [0.1, 0.15) is 0 Å². The van der Waals surface area contributed by atoms with E-state index < -0.39 is 0 Å². The molecule has 3 aliphatic rings. The molecular formula is C17H22O. The van der Waals surface area contributed by atoms with Crippen molar-refractivity contribution in [2.45, 2.75) is 57.7 Å². The molecule has 1 aliphatic heterocycles. The smallest absolute Gasteiger partial charge is 0.0723 e. The molecule has 1 heteroatoms. The number of benzene rings is 1. The van der Waals surface area contributed by atoms with Crippen LogP contribution in [-0.4, -0.2) is 6.10 Å². The average Bonchev–Trinajstić information content (AvgIpc) is 2.80. The van der Waals surface area contributed by atoms with Gasteiger partial charge in [-0.3, -0.25) is 0 Å². The Morgan fingerprint density at radius 3 is 3.00 bits per heavy atom. The summed E-state index contributed by atoms with van der Waals surface area (Å²) in [6.45, 7) is 3.34. The summed E-state index contributed by atoms with van der Waals surface area (Å²) in [6.07, 6.45) is 7.45. The van der Waals surface area contributed by atoms with Gasteiger partial charge >= 0.3 is 0 Å². The first-order valence-corrected chi connectivity index (χ1v) is 7.47. The quantitative estimate of drug-likeness (QED) is 0.660. The van der Waals surface area contributed by atoms with Gasteiger partial charge in [-0.05, 0) is 48.1 Å². The van der Waals surface area contributed by atoms with E-state index in [1.165, 1.54) is 37.7 Å². The SMILES string of the molecule is C[C@@]12CCC[C@H]1[C@@H]1OCc3ccccc3[C@H]1CC2. The van der Waals surface area contributed by atoms with Crippen LogP contribution in [0.4, 0.5) is 0 Å². The molecule has 0 aromatic heterocycles. The number of hydrogen-bond donors (Lipinski definition) is 0. The molecule has 2 saturated carbocycles. The van der Waals surface area contributed by atoms with Crippen molar-refractivity contribution in [1.82, 2.24) is 0 Å². The van der Waals surface area contributed by atoms with Gasteiger partial charge in [-0.15, -0.1) is 0 Å². The van der Waals surface area contributed by atoms with E-state index in [1.807, 2.05) is 0 Å². The van der Waals surface area contributed by atoms with E-state index in [9.17, 15) is 0 Å². The molecular weight excluding hydrogens is 220 g/mol. The van der Waals surface area contributed by atoms with Crippen LogP contribution < -0.4 is 0 Å². The van der Waals surface area contributed by atoms with E-state index in [4.69, 9.17) is 4.74 Å². The fraction of sp³-hybridized carbons (Fsp3) is 0.647. The number of ether oxygens (including phenoxy) is 1. The topological polar surface area (TPSA) is 9.23 Å². The molecule has 0 bridgehead atoms. The number of rotatable bonds is 0. The maximum absolute atomic E-state index is 6.29. The zero-order chi connectivity index (χ0) is 12.2. The Labute approximate surface area is 110 Å². The van der Waals surface area contributed by atoms with Crippen LogP contribution in [0.3, 0.4) is 0 Å². The molecule has 1 aromatic rings. The Morgan fingerprint density at radius 2 is 2.06 bits per heavy atom. The van der Waals surface area contributed by atoms with E-state index >= 15 is 0 Å². The number of fused-ring (bicyclic) bond motifs is 5. The molecule has 4 atom stereocenters. The second-order valence-electron chi connectivity index (χ2n) is 6.77. The third-order valence-electron chi connectivity index (χ3n) is 5.86. The van der Waals surface area contributed by atoms with Crippen LogP contribution in [0, 0.1) is 11.3 Å². The molecule has 18 heavy (non-hydrogen) atoms. The Hall–Kier alpha value is -0.820. The minimum absolute atomic E-state index is 0.501. The molecule has 0 N–H and O–H groups in total. The van der Waals surface area contributed by atoms with E-state index in [0.29, 0.717) is 17.4 Å². The van der Waals surface area contributed by atoms with E-state index in [1.54, 1.807) is 5.56 Å². The van der Waals surface area contributed by atoms with Gasteiger partial charge in [0.25, 0.3) is 0 Å². The highest BCUT2D eigenvalue weighted by Gasteiger charge is 2.51. The van der Waals surface area contributed by atoms with Crippen LogP contribution in [0.5, 0.6) is 0 Å². The van der Waals surface area contributed by atoms with Crippen molar-refractivity contribution in [1.29, 1.82) is 0 Å². The molecule has 1 aromatic carbocycles. The highest BCUT2D eigenvalue weighted by molar-refractivity contribution is 5.33. The molecule has 0 unspecified atom stereocenters. The summed E-state index contributed by atoms with van der Waals surface area (Å²) in [5, 5.41) is 0. The second-order valence-corrected chi connectivity index (χ2v) is 6.77. The van der Waals surface area contributed by atoms with Crippen molar-refractivity contribution in [3.8, 4) is 0 Å². The van der Waals surface area contributed by atoms with Gasteiger partial charge in [0, 0.05) is 5.92 Å². The van der Waals surface area contributed by atoms with Gasteiger partial charge in [0.15, 0.2) is 0 Å². The predicted molar refractivity (Wildman–Crippen MR) is 72.4 cm³/mol. The fourth-order valence-electron chi connectivity index (χ4n) is 4.84. The van der Waals surface area contributed by atoms with Crippen LogP contribution in [-0.2, 0) is 11.3 Å². The van der Waals surface area contributed by atoms with Gasteiger partial charge in [0.05, 0.1) is 12.7 Å². The van der Waals surface area contributed by atoms with Crippen LogP contribution in [0.1, 0.15) is 56.1 Å². The van der Waals surface area contributed by atoms with Crippen molar-refractivity contribution < 1.29 is 4.74 Å². The largest absolute Gasteiger partial charge is 0.373 e. The first-order valence-electron chi connectivity index (χ1n) is 7.47. The molecule has 4 rings (SSSR count). The monoisotopic (exact) mass is 242 g/mol. The molecule has 0 spiro atoms. The molecule has 2 aliphatic carbocycles. The summed E-state index contributed by atoms with van der Waals surface area (Å²) in [5.74, 6) is 1.48. The summed E-state index contributed by atoms with van der Waals surface area (Å²) in [4.78, 5) is 0. The third kappa shape index (κ3) is 1.43. The summed E-state index contributed by atoms with van der Waals surface area (Å²) in [6, 6.07) is 8.93. The lowest BCUT2D eigenvalue weighted by molar-refractivity contribution is -0.0844. The van der Waals surface area contributed by atoms with E-state index in [0.717, 1.165) is 12.5 Å². The summed E-state index contributed by atoms with van der Waals surface area (Å²) in [5.41, 5.74) is 3.59. The van der Waals surface area contributed by atoms with Gasteiger partial charge in [-0.1, -0.05) is 37.6 Å². The normalized spacial score (nSPS) is 41.9. The van der Waals surface area contributed by atoms with Crippen LogP contribution >= 0.6 is 0 Å². The predicted octanol–water partition coefficient (Wildman–Crippen LogP) is 4.27. The van der Waals surface area contributed by atoms with Crippen LogP contribution in [0.15, 0.2) is 24.3 Å². The maximum atomic E-state index is 6.29. The molecule has 96 valence electrons. The highest BCUT2D eigenvalue weighted by Crippen LogP contribution is 2.57. The van der Waals surface area contributed by atoms with Gasteiger partial charge < -0.3 is 4.74 Å². The highest BCUT2D eigenvalue weighted by atomic mass is 16.5. The maximum Gasteiger partial charge on any atom is 0.0723 e. The Balaban J connectivity index is 1.73. The average molecular weight is 242 g/mol. The molecule has 1 nitrogen and oxygen atoms in total.